The van der Waals surface area contributed by atoms with E-state index < -0.39 is 17.2 Å². The molecule has 62 valence electrons. The van der Waals surface area contributed by atoms with Crippen molar-refractivity contribution in [3.8, 4) is 0 Å². The monoisotopic (exact) mass is 168 g/mol. The van der Waals surface area contributed by atoms with Gasteiger partial charge in [-0.15, -0.1) is 0 Å². The van der Waals surface area contributed by atoms with Gasteiger partial charge in [-0.3, -0.25) is 14.1 Å². The number of hydrogen-bond donors (Lipinski definition) is 2. The highest BCUT2D eigenvalue weighted by Gasteiger charge is 1.87. The summed E-state index contributed by atoms with van der Waals surface area (Å²) in [6.45, 7) is 1.84. The molecule has 5 nitrogen and oxygen atoms in total. The van der Waals surface area contributed by atoms with Crippen LogP contribution in [-0.4, -0.2) is 19.8 Å². The third-order valence-electron chi connectivity index (χ3n) is 0.464. The average molecular weight is 168 g/mol. The Kier molecular flexibility index (Phi) is 10.5. The lowest BCUT2D eigenvalue weighted by Gasteiger charge is -1.85. The van der Waals surface area contributed by atoms with E-state index in [9.17, 15) is 4.79 Å². The van der Waals surface area contributed by atoms with Gasteiger partial charge >= 0.3 is 5.97 Å². The lowest BCUT2D eigenvalue weighted by atomic mass is 10.4. The molecule has 0 fully saturated rings. The highest BCUT2D eigenvalue weighted by molar-refractivity contribution is 7.76. The number of carboxylic acids is 1. The SMILES string of the molecule is CCCC(=O)O.NS(=O)[O-]. The zero-order valence-corrected chi connectivity index (χ0v) is 6.39. The number of carbonyl (C=O) groups is 1. The molecule has 0 aliphatic rings. The Morgan fingerprint density at radius 2 is 2.10 bits per heavy atom. The molecule has 0 aliphatic carbocycles. The molecule has 0 bridgehead atoms. The fraction of sp³-hybridized carbons (Fsp3) is 0.750. The summed E-state index contributed by atoms with van der Waals surface area (Å²) in [7, 11) is 0. The molecule has 0 saturated carbocycles. The van der Waals surface area contributed by atoms with E-state index >= 15 is 0 Å². The number of rotatable bonds is 2. The van der Waals surface area contributed by atoms with Gasteiger partial charge in [0.2, 0.25) is 0 Å². The van der Waals surface area contributed by atoms with Gasteiger partial charge in [-0.05, 0) is 6.42 Å². The maximum atomic E-state index is 9.60. The molecule has 1 unspecified atom stereocenters. The summed E-state index contributed by atoms with van der Waals surface area (Å²) in [5.41, 5.74) is 0. The molecular formula is C4H10NO4S-. The third-order valence-corrected chi connectivity index (χ3v) is 0.464. The van der Waals surface area contributed by atoms with E-state index in [0.717, 1.165) is 6.42 Å². The summed E-state index contributed by atoms with van der Waals surface area (Å²) < 4.78 is 17.6. The average Bonchev–Trinajstić information content (AvgIpc) is 1.62. The van der Waals surface area contributed by atoms with E-state index in [4.69, 9.17) is 13.9 Å². The van der Waals surface area contributed by atoms with Crippen molar-refractivity contribution >= 4 is 17.2 Å². The van der Waals surface area contributed by atoms with E-state index in [0.29, 0.717) is 6.42 Å². The van der Waals surface area contributed by atoms with Crippen molar-refractivity contribution < 1.29 is 18.7 Å². The van der Waals surface area contributed by atoms with E-state index in [1.54, 1.807) is 0 Å². The summed E-state index contributed by atoms with van der Waals surface area (Å²) in [6, 6.07) is 0. The maximum absolute atomic E-state index is 9.60. The fourth-order valence-corrected chi connectivity index (χ4v) is 0.214. The third kappa shape index (κ3) is 50.0. The fourth-order valence-electron chi connectivity index (χ4n) is 0.214. The van der Waals surface area contributed by atoms with Crippen LogP contribution in [0, 0.1) is 0 Å². The highest BCUT2D eigenvalue weighted by atomic mass is 32.2. The van der Waals surface area contributed by atoms with Gasteiger partial charge in [-0.1, -0.05) is 6.92 Å². The molecule has 0 aromatic carbocycles. The van der Waals surface area contributed by atoms with Gasteiger partial charge in [0.15, 0.2) is 0 Å². The molecule has 0 aromatic heterocycles. The van der Waals surface area contributed by atoms with Gasteiger partial charge in [-0.25, -0.2) is 0 Å². The van der Waals surface area contributed by atoms with Crippen LogP contribution in [0.4, 0.5) is 0 Å². The van der Waals surface area contributed by atoms with Crippen LogP contribution in [0.15, 0.2) is 0 Å². The summed E-state index contributed by atoms with van der Waals surface area (Å²) in [5.74, 6) is -0.711. The molecule has 0 aromatic rings. The first-order valence-corrected chi connectivity index (χ1v) is 3.70. The number of nitrogens with two attached hydrogens (primary N) is 1. The second-order valence-electron chi connectivity index (χ2n) is 1.40. The first-order valence-electron chi connectivity index (χ1n) is 2.56. The van der Waals surface area contributed by atoms with Crippen LogP contribution in [-0.2, 0) is 16.1 Å². The predicted octanol–water partition coefficient (Wildman–Crippen LogP) is -0.390. The van der Waals surface area contributed by atoms with Crippen molar-refractivity contribution in [2.45, 2.75) is 19.8 Å². The molecule has 0 radical (unpaired) electrons. The van der Waals surface area contributed by atoms with Crippen molar-refractivity contribution in [2.75, 3.05) is 0 Å². The second-order valence-corrected chi connectivity index (χ2v) is 1.93. The summed E-state index contributed by atoms with van der Waals surface area (Å²) in [5, 5.41) is 11.9. The van der Waals surface area contributed by atoms with Gasteiger partial charge < -0.3 is 9.66 Å². The minimum Gasteiger partial charge on any atom is -0.760 e. The molecule has 0 amide bonds. The largest absolute Gasteiger partial charge is 0.760 e. The van der Waals surface area contributed by atoms with Crippen LogP contribution in [0.5, 0.6) is 0 Å². The minimum atomic E-state index is -2.36. The normalized spacial score (nSPS) is 11.1. The minimum absolute atomic E-state index is 0.292. The molecule has 0 spiro atoms. The Morgan fingerprint density at radius 1 is 1.80 bits per heavy atom. The number of hydrogen-bond acceptors (Lipinski definition) is 3. The van der Waals surface area contributed by atoms with Crippen LogP contribution >= 0.6 is 0 Å². The molecule has 6 heteroatoms. The van der Waals surface area contributed by atoms with E-state index in [1.807, 2.05) is 6.92 Å². The lowest BCUT2D eigenvalue weighted by molar-refractivity contribution is -0.137. The van der Waals surface area contributed by atoms with Crippen molar-refractivity contribution in [3.63, 3.8) is 0 Å². The van der Waals surface area contributed by atoms with Gasteiger partial charge in [0.1, 0.15) is 0 Å². The van der Waals surface area contributed by atoms with Crippen LogP contribution in [0.3, 0.4) is 0 Å². The first kappa shape index (κ1) is 12.2. The lowest BCUT2D eigenvalue weighted by Crippen LogP contribution is -1.97. The summed E-state index contributed by atoms with van der Waals surface area (Å²) in [6.07, 6.45) is 1.02. The summed E-state index contributed by atoms with van der Waals surface area (Å²) >= 11 is -2.36. The predicted molar refractivity (Wildman–Crippen MR) is 35.7 cm³/mol. The van der Waals surface area contributed by atoms with Crippen molar-refractivity contribution in [1.82, 2.24) is 0 Å². The molecule has 0 rings (SSSR count). The summed E-state index contributed by atoms with van der Waals surface area (Å²) in [4.78, 5) is 9.60. The Labute approximate surface area is 61.6 Å². The smallest absolute Gasteiger partial charge is 0.303 e. The van der Waals surface area contributed by atoms with E-state index in [-0.39, 0.29) is 0 Å². The van der Waals surface area contributed by atoms with Gasteiger partial charge in [0, 0.05) is 17.7 Å². The highest BCUT2D eigenvalue weighted by Crippen LogP contribution is 1.82. The number of carboxylic acid groups (broad SMARTS) is 1. The molecule has 10 heavy (non-hydrogen) atoms. The van der Waals surface area contributed by atoms with Crippen molar-refractivity contribution in [1.29, 1.82) is 0 Å². The van der Waals surface area contributed by atoms with E-state index in [2.05, 4.69) is 5.14 Å². The van der Waals surface area contributed by atoms with Gasteiger partial charge in [-0.2, -0.15) is 0 Å². The Balaban J connectivity index is 0. The molecule has 0 saturated heterocycles. The first-order chi connectivity index (χ1) is 4.50. The zero-order chi connectivity index (χ0) is 8.57. The van der Waals surface area contributed by atoms with Crippen molar-refractivity contribution in [3.05, 3.63) is 0 Å². The second kappa shape index (κ2) is 8.54. The molecular weight excluding hydrogens is 158 g/mol. The van der Waals surface area contributed by atoms with Crippen LogP contribution < -0.4 is 5.14 Å². The van der Waals surface area contributed by atoms with Gasteiger partial charge in [0.25, 0.3) is 0 Å². The Hall–Kier alpha value is -0.460. The maximum Gasteiger partial charge on any atom is 0.303 e. The van der Waals surface area contributed by atoms with Crippen LogP contribution in [0.2, 0.25) is 0 Å². The van der Waals surface area contributed by atoms with Gasteiger partial charge in [0.05, 0.1) is 0 Å². The Morgan fingerprint density at radius 3 is 2.10 bits per heavy atom. The van der Waals surface area contributed by atoms with E-state index in [1.165, 1.54) is 0 Å². The Bertz CT molecular complexity index is 112. The van der Waals surface area contributed by atoms with Crippen LogP contribution in [0.1, 0.15) is 19.8 Å². The van der Waals surface area contributed by atoms with Crippen LogP contribution in [0.25, 0.3) is 0 Å². The molecule has 0 aliphatic heterocycles. The standard InChI is InChI=1S/C4H8O2.H3NO2S/c1-2-3-4(5)6;1-4(2)3/h2-3H2,1H3,(H,5,6);1H2,(H,2,3)/p-1. The van der Waals surface area contributed by atoms with Crippen molar-refractivity contribution in [2.24, 2.45) is 5.14 Å². The number of aliphatic carboxylic acids is 1. The molecule has 1 atom stereocenters. The quantitative estimate of drug-likeness (QED) is 0.548. The topological polar surface area (TPSA) is 103 Å². The molecule has 3 N–H and O–H groups in total. The zero-order valence-electron chi connectivity index (χ0n) is 5.57. The molecule has 0 heterocycles.